The van der Waals surface area contributed by atoms with Crippen LogP contribution in [0.3, 0.4) is 0 Å². The fourth-order valence-corrected chi connectivity index (χ4v) is 1.10. The van der Waals surface area contributed by atoms with E-state index in [0.717, 1.165) is 0 Å². The van der Waals surface area contributed by atoms with E-state index >= 15 is 0 Å². The van der Waals surface area contributed by atoms with Crippen molar-refractivity contribution in [3.63, 3.8) is 0 Å². The summed E-state index contributed by atoms with van der Waals surface area (Å²) in [5, 5.41) is -0.471. The molecule has 1 aromatic rings. The fourth-order valence-electron chi connectivity index (χ4n) is 0.653. The first-order valence-electron chi connectivity index (χ1n) is 2.83. The van der Waals surface area contributed by atoms with E-state index < -0.39 is 30.8 Å². The highest BCUT2D eigenvalue weighted by atomic mass is 31.1. The Morgan fingerprint density at radius 2 is 1.58 bits per heavy atom. The van der Waals surface area contributed by atoms with Crippen LogP contribution in [-0.4, -0.2) is 4.89 Å². The second-order valence-corrected chi connectivity index (χ2v) is 3.06. The van der Waals surface area contributed by atoms with Crippen LogP contribution in [0, 0.1) is 17.5 Å². The zero-order valence-electron chi connectivity index (χ0n) is 5.59. The van der Waals surface area contributed by atoms with Gasteiger partial charge in [0, 0.05) is 12.1 Å². The molecule has 1 atom stereocenters. The van der Waals surface area contributed by atoms with E-state index in [9.17, 15) is 17.7 Å². The molecule has 0 aromatic heterocycles. The molecular formula is C6H3F3O2P+. The minimum Gasteiger partial charge on any atom is -0.203 e. The predicted molar refractivity (Wildman–Crippen MR) is 35.8 cm³/mol. The number of benzene rings is 1. The Labute approximate surface area is 66.5 Å². The van der Waals surface area contributed by atoms with Crippen molar-refractivity contribution < 1.29 is 22.6 Å². The van der Waals surface area contributed by atoms with E-state index in [4.69, 9.17) is 4.89 Å². The van der Waals surface area contributed by atoms with Gasteiger partial charge in [0.05, 0.1) is 0 Å². The summed E-state index contributed by atoms with van der Waals surface area (Å²) in [5.41, 5.74) is 0. The van der Waals surface area contributed by atoms with Gasteiger partial charge in [-0.25, -0.2) is 13.2 Å². The van der Waals surface area contributed by atoms with E-state index in [1.807, 2.05) is 0 Å². The minimum absolute atomic E-state index is 0.471. The molecule has 64 valence electrons. The van der Waals surface area contributed by atoms with Crippen LogP contribution in [0.1, 0.15) is 0 Å². The highest BCUT2D eigenvalue weighted by Gasteiger charge is 2.22. The number of hydrogen-bond acceptors (Lipinski definition) is 1. The summed E-state index contributed by atoms with van der Waals surface area (Å²) in [6.45, 7) is 0. The van der Waals surface area contributed by atoms with Gasteiger partial charge < -0.3 is 0 Å². The lowest BCUT2D eigenvalue weighted by Gasteiger charge is -1.91. The molecule has 0 bridgehead atoms. The lowest BCUT2D eigenvalue weighted by molar-refractivity contribution is 0.447. The third-order valence-electron chi connectivity index (χ3n) is 1.19. The summed E-state index contributed by atoms with van der Waals surface area (Å²) in [6.07, 6.45) is 0. The van der Waals surface area contributed by atoms with E-state index in [1.54, 1.807) is 0 Å². The van der Waals surface area contributed by atoms with Crippen LogP contribution >= 0.6 is 8.03 Å². The zero-order valence-corrected chi connectivity index (χ0v) is 6.49. The van der Waals surface area contributed by atoms with Crippen LogP contribution in [0.5, 0.6) is 0 Å². The van der Waals surface area contributed by atoms with E-state index in [1.165, 1.54) is 0 Å². The van der Waals surface area contributed by atoms with Crippen molar-refractivity contribution in [2.45, 2.75) is 0 Å². The van der Waals surface area contributed by atoms with E-state index in [-0.39, 0.29) is 0 Å². The average molecular weight is 195 g/mol. The first-order valence-corrected chi connectivity index (χ1v) is 4.04. The number of rotatable bonds is 1. The Morgan fingerprint density at radius 1 is 1.17 bits per heavy atom. The van der Waals surface area contributed by atoms with Crippen molar-refractivity contribution in [1.29, 1.82) is 0 Å². The topological polar surface area (TPSA) is 37.3 Å². The predicted octanol–water partition coefficient (Wildman–Crippen LogP) is 1.46. The van der Waals surface area contributed by atoms with Crippen LogP contribution in [0.2, 0.25) is 0 Å². The van der Waals surface area contributed by atoms with E-state index in [2.05, 4.69) is 0 Å². The molecule has 1 aromatic carbocycles. The molecule has 0 fully saturated rings. The molecule has 0 saturated heterocycles. The second kappa shape index (κ2) is 3.21. The summed E-state index contributed by atoms with van der Waals surface area (Å²) in [7, 11) is -2.84. The first-order chi connectivity index (χ1) is 5.52. The molecule has 0 heterocycles. The third-order valence-corrected chi connectivity index (χ3v) is 1.89. The van der Waals surface area contributed by atoms with Crippen molar-refractivity contribution in [1.82, 2.24) is 0 Å². The van der Waals surface area contributed by atoms with Gasteiger partial charge in [-0.05, 0) is 4.57 Å². The van der Waals surface area contributed by atoms with Crippen LogP contribution in [-0.2, 0) is 4.57 Å². The SMILES string of the molecule is O=[P+](O)c1cc(F)c(F)c(F)c1. The van der Waals surface area contributed by atoms with Gasteiger partial charge in [0.15, 0.2) is 17.5 Å². The molecule has 0 radical (unpaired) electrons. The van der Waals surface area contributed by atoms with Crippen LogP contribution in [0.4, 0.5) is 13.2 Å². The van der Waals surface area contributed by atoms with Crippen molar-refractivity contribution in [2.24, 2.45) is 0 Å². The van der Waals surface area contributed by atoms with Crippen molar-refractivity contribution >= 4 is 13.3 Å². The molecular weight excluding hydrogens is 192 g/mol. The smallest absolute Gasteiger partial charge is 0.203 e. The zero-order chi connectivity index (χ0) is 9.30. The maximum Gasteiger partial charge on any atom is 0.546 e. The maximum atomic E-state index is 12.3. The Bertz CT molecular complexity index is 317. The highest BCUT2D eigenvalue weighted by molar-refractivity contribution is 7.47. The average Bonchev–Trinajstić information content (AvgIpc) is 1.99. The van der Waals surface area contributed by atoms with E-state index in [0.29, 0.717) is 12.1 Å². The summed E-state index contributed by atoms with van der Waals surface area (Å²) in [4.78, 5) is 8.42. The monoisotopic (exact) mass is 195 g/mol. The molecule has 1 N–H and O–H groups in total. The Balaban J connectivity index is 3.31. The molecule has 1 rings (SSSR count). The lowest BCUT2D eigenvalue weighted by atomic mass is 10.3. The largest absolute Gasteiger partial charge is 0.546 e. The quantitative estimate of drug-likeness (QED) is 0.544. The normalized spacial score (nSPS) is 11.5. The molecule has 0 aliphatic heterocycles. The standard InChI is InChI=1S/C6H2F3O2P/c7-4-1-3(12(10)11)2-5(8)6(4)9/h1-2H/p+1. The van der Waals surface area contributed by atoms with Crippen LogP contribution < -0.4 is 5.30 Å². The van der Waals surface area contributed by atoms with Gasteiger partial charge in [0.25, 0.3) is 0 Å². The molecule has 2 nitrogen and oxygen atoms in total. The van der Waals surface area contributed by atoms with Gasteiger partial charge in [-0.2, -0.15) is 4.89 Å². The number of hydrogen-bond donors (Lipinski definition) is 1. The second-order valence-electron chi connectivity index (χ2n) is 2.00. The van der Waals surface area contributed by atoms with Gasteiger partial charge >= 0.3 is 8.03 Å². The summed E-state index contributed by atoms with van der Waals surface area (Å²) in [5.74, 6) is -4.58. The molecule has 0 amide bonds. The molecule has 0 spiro atoms. The van der Waals surface area contributed by atoms with Crippen LogP contribution in [0.25, 0.3) is 0 Å². The molecule has 6 heteroatoms. The lowest BCUT2D eigenvalue weighted by Crippen LogP contribution is -2.02. The summed E-state index contributed by atoms with van der Waals surface area (Å²) < 4.78 is 47.2. The Kier molecular flexibility index (Phi) is 2.45. The summed E-state index contributed by atoms with van der Waals surface area (Å²) >= 11 is 0. The fraction of sp³-hybridized carbons (Fsp3) is 0. The van der Waals surface area contributed by atoms with Crippen molar-refractivity contribution in [3.05, 3.63) is 29.6 Å². The van der Waals surface area contributed by atoms with Gasteiger partial charge in [0.1, 0.15) is 0 Å². The Hall–Kier alpha value is -0.930. The molecule has 1 unspecified atom stereocenters. The highest BCUT2D eigenvalue weighted by Crippen LogP contribution is 2.17. The van der Waals surface area contributed by atoms with Gasteiger partial charge in [0.2, 0.25) is 5.30 Å². The van der Waals surface area contributed by atoms with Crippen molar-refractivity contribution in [2.75, 3.05) is 0 Å². The first kappa shape index (κ1) is 9.16. The molecule has 0 aliphatic carbocycles. The molecule has 0 saturated carbocycles. The Morgan fingerprint density at radius 3 is 1.92 bits per heavy atom. The maximum absolute atomic E-state index is 12.3. The summed E-state index contributed by atoms with van der Waals surface area (Å²) in [6, 6.07) is 0.967. The minimum atomic E-state index is -2.84. The van der Waals surface area contributed by atoms with Crippen LogP contribution in [0.15, 0.2) is 12.1 Å². The third kappa shape index (κ3) is 1.62. The molecule has 0 aliphatic rings. The van der Waals surface area contributed by atoms with Crippen molar-refractivity contribution in [3.8, 4) is 0 Å². The van der Waals surface area contributed by atoms with Gasteiger partial charge in [-0.1, -0.05) is 0 Å². The van der Waals surface area contributed by atoms with Gasteiger partial charge in [-0.15, -0.1) is 0 Å². The molecule has 12 heavy (non-hydrogen) atoms. The number of halogens is 3. The van der Waals surface area contributed by atoms with Gasteiger partial charge in [-0.3, -0.25) is 0 Å².